The second-order valence-electron chi connectivity index (χ2n) is 3.14. The van der Waals surface area contributed by atoms with Crippen LogP contribution < -0.4 is 5.32 Å². The molecule has 84 valence electrons. The quantitative estimate of drug-likeness (QED) is 0.823. The Morgan fingerprint density at radius 2 is 2.31 bits per heavy atom. The number of hydrogen-bond acceptors (Lipinski definition) is 2. The standard InChI is InChI=1S/C11H10ClFN2O/c12-5-1-2-11(16)15-10-4-3-9(13)6-8(10)7-14/h3-4,6H,1-2,5H2,(H,15,16). The molecule has 0 aliphatic heterocycles. The molecule has 0 spiro atoms. The van der Waals surface area contributed by atoms with Crippen LogP contribution in [0.2, 0.25) is 0 Å². The summed E-state index contributed by atoms with van der Waals surface area (Å²) in [5.74, 6) is -0.332. The Bertz CT molecular complexity index is 428. The zero-order chi connectivity index (χ0) is 12.0. The van der Waals surface area contributed by atoms with Gasteiger partial charge in [0.25, 0.3) is 0 Å². The summed E-state index contributed by atoms with van der Waals surface area (Å²) in [5.41, 5.74) is 0.433. The average Bonchev–Trinajstić information content (AvgIpc) is 2.28. The maximum Gasteiger partial charge on any atom is 0.224 e. The summed E-state index contributed by atoms with van der Waals surface area (Å²) in [7, 11) is 0. The van der Waals surface area contributed by atoms with Crippen LogP contribution in [0.15, 0.2) is 18.2 Å². The van der Waals surface area contributed by atoms with E-state index in [1.54, 1.807) is 0 Å². The first kappa shape index (κ1) is 12.5. The molecule has 0 radical (unpaired) electrons. The second-order valence-corrected chi connectivity index (χ2v) is 3.52. The van der Waals surface area contributed by atoms with Crippen LogP contribution in [-0.2, 0) is 4.79 Å². The highest BCUT2D eigenvalue weighted by atomic mass is 35.5. The normalized spacial score (nSPS) is 9.56. The van der Waals surface area contributed by atoms with Gasteiger partial charge in [-0.05, 0) is 24.6 Å². The van der Waals surface area contributed by atoms with Gasteiger partial charge in [0.05, 0.1) is 11.3 Å². The number of halogens is 2. The van der Waals surface area contributed by atoms with E-state index >= 15 is 0 Å². The lowest BCUT2D eigenvalue weighted by molar-refractivity contribution is -0.116. The molecular formula is C11H10ClFN2O. The molecule has 0 aliphatic carbocycles. The number of nitriles is 1. The van der Waals surface area contributed by atoms with Gasteiger partial charge in [0.1, 0.15) is 11.9 Å². The first-order valence-electron chi connectivity index (χ1n) is 4.73. The van der Waals surface area contributed by atoms with Gasteiger partial charge in [-0.1, -0.05) is 0 Å². The summed E-state index contributed by atoms with van der Waals surface area (Å²) in [5, 5.41) is 11.3. The molecule has 0 bridgehead atoms. The zero-order valence-electron chi connectivity index (χ0n) is 8.46. The Morgan fingerprint density at radius 3 is 2.94 bits per heavy atom. The maximum absolute atomic E-state index is 12.8. The lowest BCUT2D eigenvalue weighted by Crippen LogP contribution is -2.12. The van der Waals surface area contributed by atoms with Crippen molar-refractivity contribution in [3.8, 4) is 6.07 Å². The van der Waals surface area contributed by atoms with Crippen molar-refractivity contribution in [2.45, 2.75) is 12.8 Å². The summed E-state index contributed by atoms with van der Waals surface area (Å²) in [4.78, 5) is 11.4. The lowest BCUT2D eigenvalue weighted by atomic mass is 10.2. The second kappa shape index (κ2) is 6.09. The number of carbonyl (C=O) groups excluding carboxylic acids is 1. The third-order valence-corrected chi connectivity index (χ3v) is 2.18. The van der Waals surface area contributed by atoms with Crippen molar-refractivity contribution in [3.63, 3.8) is 0 Å². The van der Waals surface area contributed by atoms with Gasteiger partial charge >= 0.3 is 0 Å². The molecule has 0 saturated carbocycles. The summed E-state index contributed by atoms with van der Waals surface area (Å²) in [6.45, 7) is 0. The van der Waals surface area contributed by atoms with Crippen molar-refractivity contribution in [1.29, 1.82) is 5.26 Å². The van der Waals surface area contributed by atoms with E-state index in [0.29, 0.717) is 18.0 Å². The van der Waals surface area contributed by atoms with Crippen LogP contribution in [0, 0.1) is 17.1 Å². The highest BCUT2D eigenvalue weighted by Crippen LogP contribution is 2.16. The zero-order valence-corrected chi connectivity index (χ0v) is 9.22. The van der Waals surface area contributed by atoms with Gasteiger partial charge in [0, 0.05) is 12.3 Å². The number of alkyl halides is 1. The van der Waals surface area contributed by atoms with Crippen LogP contribution >= 0.6 is 11.6 Å². The molecule has 1 aromatic rings. The first-order valence-corrected chi connectivity index (χ1v) is 5.26. The summed E-state index contributed by atoms with van der Waals surface area (Å²) in [6, 6.07) is 5.46. The number of carbonyl (C=O) groups is 1. The number of benzene rings is 1. The first-order chi connectivity index (χ1) is 7.67. The number of anilines is 1. The number of amides is 1. The minimum absolute atomic E-state index is 0.110. The van der Waals surface area contributed by atoms with E-state index in [1.807, 2.05) is 6.07 Å². The van der Waals surface area contributed by atoms with Crippen LogP contribution in [0.25, 0.3) is 0 Å². The Balaban J connectivity index is 2.74. The van der Waals surface area contributed by atoms with Crippen LogP contribution in [0.4, 0.5) is 10.1 Å². The molecule has 0 fully saturated rings. The van der Waals surface area contributed by atoms with E-state index in [1.165, 1.54) is 12.1 Å². The van der Waals surface area contributed by atoms with E-state index in [2.05, 4.69) is 5.32 Å². The molecule has 1 aromatic carbocycles. The molecule has 0 aliphatic rings. The highest BCUT2D eigenvalue weighted by molar-refractivity contribution is 6.18. The fourth-order valence-electron chi connectivity index (χ4n) is 1.16. The predicted molar refractivity (Wildman–Crippen MR) is 59.7 cm³/mol. The van der Waals surface area contributed by atoms with Crippen LogP contribution in [-0.4, -0.2) is 11.8 Å². The van der Waals surface area contributed by atoms with Crippen LogP contribution in [0.1, 0.15) is 18.4 Å². The van der Waals surface area contributed by atoms with Crippen molar-refractivity contribution in [1.82, 2.24) is 0 Å². The number of nitrogens with zero attached hydrogens (tertiary/aromatic N) is 1. The largest absolute Gasteiger partial charge is 0.325 e. The molecule has 3 nitrogen and oxygen atoms in total. The molecule has 1 N–H and O–H groups in total. The Morgan fingerprint density at radius 1 is 1.56 bits per heavy atom. The van der Waals surface area contributed by atoms with Crippen LogP contribution in [0.5, 0.6) is 0 Å². The Kier molecular flexibility index (Phi) is 4.74. The molecule has 0 atom stereocenters. The topological polar surface area (TPSA) is 52.9 Å². The SMILES string of the molecule is N#Cc1cc(F)ccc1NC(=O)CCCCl. The van der Waals surface area contributed by atoms with Gasteiger partial charge in [-0.15, -0.1) is 11.6 Å². The van der Waals surface area contributed by atoms with Gasteiger partial charge in [-0.25, -0.2) is 4.39 Å². The highest BCUT2D eigenvalue weighted by Gasteiger charge is 2.07. The molecule has 1 rings (SSSR count). The number of rotatable bonds is 4. The van der Waals surface area contributed by atoms with Crippen LogP contribution in [0.3, 0.4) is 0 Å². The predicted octanol–water partition coefficient (Wildman–Crippen LogP) is 2.65. The Labute approximate surface area is 97.8 Å². The fourth-order valence-corrected chi connectivity index (χ4v) is 1.29. The van der Waals surface area contributed by atoms with Gasteiger partial charge in [-0.3, -0.25) is 4.79 Å². The van der Waals surface area contributed by atoms with Gasteiger partial charge in [0.2, 0.25) is 5.91 Å². The summed E-state index contributed by atoms with van der Waals surface area (Å²) >= 11 is 5.45. The van der Waals surface area contributed by atoms with E-state index in [0.717, 1.165) is 6.07 Å². The summed E-state index contributed by atoms with van der Waals surface area (Å²) in [6.07, 6.45) is 0.849. The minimum Gasteiger partial charge on any atom is -0.325 e. The van der Waals surface area contributed by atoms with Crippen molar-refractivity contribution in [2.24, 2.45) is 0 Å². The van der Waals surface area contributed by atoms with E-state index in [4.69, 9.17) is 16.9 Å². The third-order valence-electron chi connectivity index (χ3n) is 1.91. The third kappa shape index (κ3) is 3.52. The van der Waals surface area contributed by atoms with E-state index in [-0.39, 0.29) is 17.9 Å². The minimum atomic E-state index is -0.504. The summed E-state index contributed by atoms with van der Waals surface area (Å²) < 4.78 is 12.8. The van der Waals surface area contributed by atoms with E-state index in [9.17, 15) is 9.18 Å². The maximum atomic E-state index is 12.8. The lowest BCUT2D eigenvalue weighted by Gasteiger charge is -2.06. The average molecular weight is 241 g/mol. The van der Waals surface area contributed by atoms with Crippen molar-refractivity contribution >= 4 is 23.2 Å². The molecular weight excluding hydrogens is 231 g/mol. The molecule has 0 heterocycles. The number of nitrogens with one attached hydrogen (secondary N) is 1. The van der Waals surface area contributed by atoms with Gasteiger partial charge in [-0.2, -0.15) is 5.26 Å². The smallest absolute Gasteiger partial charge is 0.224 e. The number of hydrogen-bond donors (Lipinski definition) is 1. The Hall–Kier alpha value is -1.60. The molecule has 0 unspecified atom stereocenters. The van der Waals surface area contributed by atoms with Gasteiger partial charge in [0.15, 0.2) is 0 Å². The van der Waals surface area contributed by atoms with Crippen molar-refractivity contribution in [3.05, 3.63) is 29.6 Å². The molecule has 16 heavy (non-hydrogen) atoms. The molecule has 0 aromatic heterocycles. The van der Waals surface area contributed by atoms with Crippen molar-refractivity contribution in [2.75, 3.05) is 11.2 Å². The van der Waals surface area contributed by atoms with Crippen molar-refractivity contribution < 1.29 is 9.18 Å². The fraction of sp³-hybridized carbons (Fsp3) is 0.273. The van der Waals surface area contributed by atoms with E-state index < -0.39 is 5.82 Å². The molecule has 1 amide bonds. The van der Waals surface area contributed by atoms with Gasteiger partial charge < -0.3 is 5.32 Å². The monoisotopic (exact) mass is 240 g/mol. The molecule has 0 saturated heterocycles. The molecule has 5 heteroatoms.